The first-order valence-electron chi connectivity index (χ1n) is 4.52. The van der Waals surface area contributed by atoms with Crippen LogP contribution in [0.2, 0.25) is 0 Å². The van der Waals surface area contributed by atoms with Crippen LogP contribution in [0.15, 0.2) is 0 Å². The summed E-state index contributed by atoms with van der Waals surface area (Å²) < 4.78 is 0. The van der Waals surface area contributed by atoms with Gasteiger partial charge in [0.25, 0.3) is 0 Å². The monoisotopic (exact) mass is 187 g/mol. The minimum atomic E-state index is -0.917. The minimum Gasteiger partial charge on any atom is -0.391 e. The smallest absolute Gasteiger partial charge is 0.225 e. The highest BCUT2D eigenvalue weighted by molar-refractivity contribution is 5.79. The van der Waals surface area contributed by atoms with E-state index in [9.17, 15) is 15.0 Å². The summed E-state index contributed by atoms with van der Waals surface area (Å²) in [6, 6.07) is -0.253. The second kappa shape index (κ2) is 3.27. The Labute approximate surface area is 78.2 Å². The molecule has 1 rings (SSSR count). The predicted molar refractivity (Wildman–Crippen MR) is 48.1 cm³/mol. The van der Waals surface area contributed by atoms with E-state index in [4.69, 9.17) is 0 Å². The number of carbonyl (C=O) groups is 1. The molecule has 4 heteroatoms. The van der Waals surface area contributed by atoms with E-state index < -0.39 is 11.7 Å². The number of carbonyl (C=O) groups excluding carboxylic acids is 1. The normalized spacial score (nSPS) is 26.7. The van der Waals surface area contributed by atoms with Crippen molar-refractivity contribution in [2.45, 2.75) is 44.9 Å². The van der Waals surface area contributed by atoms with Crippen LogP contribution < -0.4 is 0 Å². The van der Waals surface area contributed by atoms with Gasteiger partial charge in [-0.15, -0.1) is 0 Å². The average molecular weight is 187 g/mol. The topological polar surface area (TPSA) is 60.8 Å². The molecule has 1 aliphatic rings. The van der Waals surface area contributed by atoms with Crippen LogP contribution in [0.25, 0.3) is 0 Å². The molecule has 0 saturated carbocycles. The minimum absolute atomic E-state index is 0.0814. The van der Waals surface area contributed by atoms with Crippen LogP contribution in [0.5, 0.6) is 0 Å². The zero-order valence-electron chi connectivity index (χ0n) is 8.32. The summed E-state index contributed by atoms with van der Waals surface area (Å²) in [7, 11) is 0. The van der Waals surface area contributed by atoms with Gasteiger partial charge in [-0.3, -0.25) is 4.79 Å². The Kier molecular flexibility index (Phi) is 2.63. The Balaban J connectivity index is 2.68. The van der Waals surface area contributed by atoms with Gasteiger partial charge in [-0.25, -0.2) is 0 Å². The third-order valence-corrected chi connectivity index (χ3v) is 2.63. The van der Waals surface area contributed by atoms with E-state index >= 15 is 0 Å². The van der Waals surface area contributed by atoms with Crippen molar-refractivity contribution in [2.24, 2.45) is 0 Å². The lowest BCUT2D eigenvalue weighted by atomic mass is 9.99. The molecular weight excluding hydrogens is 170 g/mol. The Morgan fingerprint density at radius 3 is 2.46 bits per heavy atom. The number of aliphatic hydroxyl groups excluding tert-OH is 1. The van der Waals surface area contributed by atoms with Crippen molar-refractivity contribution in [2.75, 3.05) is 6.54 Å². The van der Waals surface area contributed by atoms with Crippen LogP contribution in [0.3, 0.4) is 0 Å². The first-order chi connectivity index (χ1) is 5.82. The van der Waals surface area contributed by atoms with E-state index in [1.807, 2.05) is 0 Å². The molecule has 0 aromatic rings. The zero-order chi connectivity index (χ0) is 10.2. The number of β-amino-alcohol motifs (C(OH)–C–C–N with tert-alkyl or cyclic N) is 1. The SMILES string of the molecule is CC(N1CC(O)CC1=O)C(C)(C)O. The van der Waals surface area contributed by atoms with Crippen molar-refractivity contribution in [1.82, 2.24) is 4.90 Å². The van der Waals surface area contributed by atoms with E-state index in [1.54, 1.807) is 20.8 Å². The van der Waals surface area contributed by atoms with Gasteiger partial charge in [0.2, 0.25) is 5.91 Å². The zero-order valence-corrected chi connectivity index (χ0v) is 8.32. The van der Waals surface area contributed by atoms with Gasteiger partial charge >= 0.3 is 0 Å². The molecule has 2 N–H and O–H groups in total. The van der Waals surface area contributed by atoms with Crippen LogP contribution in [-0.2, 0) is 4.79 Å². The summed E-state index contributed by atoms with van der Waals surface area (Å²) in [6.07, 6.45) is -0.391. The van der Waals surface area contributed by atoms with Gasteiger partial charge in [0.15, 0.2) is 0 Å². The van der Waals surface area contributed by atoms with Crippen LogP contribution >= 0.6 is 0 Å². The lowest BCUT2D eigenvalue weighted by molar-refractivity contribution is -0.134. The van der Waals surface area contributed by atoms with Crippen LogP contribution in [0, 0.1) is 0 Å². The fraction of sp³-hybridized carbons (Fsp3) is 0.889. The van der Waals surface area contributed by atoms with Crippen molar-refractivity contribution in [3.05, 3.63) is 0 Å². The molecule has 0 aromatic carbocycles. The summed E-state index contributed by atoms with van der Waals surface area (Å²) in [5.74, 6) is -0.0814. The van der Waals surface area contributed by atoms with Gasteiger partial charge in [0.1, 0.15) is 0 Å². The quantitative estimate of drug-likeness (QED) is 0.626. The maximum absolute atomic E-state index is 11.3. The number of nitrogens with zero attached hydrogens (tertiary/aromatic N) is 1. The van der Waals surface area contributed by atoms with Crippen LogP contribution in [0.1, 0.15) is 27.2 Å². The molecule has 4 nitrogen and oxygen atoms in total. The average Bonchev–Trinajstić information content (AvgIpc) is 2.26. The van der Waals surface area contributed by atoms with Gasteiger partial charge in [-0.2, -0.15) is 0 Å². The third kappa shape index (κ3) is 2.19. The molecular formula is C9H17NO3. The second-order valence-corrected chi connectivity index (χ2v) is 4.23. The van der Waals surface area contributed by atoms with E-state index in [0.29, 0.717) is 6.54 Å². The molecule has 1 fully saturated rings. The molecule has 0 bridgehead atoms. The summed E-state index contributed by atoms with van der Waals surface area (Å²) in [6.45, 7) is 5.45. The molecule has 2 unspecified atom stereocenters. The van der Waals surface area contributed by atoms with Crippen LogP contribution in [-0.4, -0.2) is 45.3 Å². The Morgan fingerprint density at radius 1 is 1.62 bits per heavy atom. The first kappa shape index (κ1) is 10.5. The van der Waals surface area contributed by atoms with Gasteiger partial charge in [-0.1, -0.05) is 0 Å². The fourth-order valence-corrected chi connectivity index (χ4v) is 1.47. The maximum Gasteiger partial charge on any atom is 0.225 e. The number of rotatable bonds is 2. The largest absolute Gasteiger partial charge is 0.391 e. The number of hydrogen-bond acceptors (Lipinski definition) is 3. The molecule has 0 spiro atoms. The number of amides is 1. The van der Waals surface area contributed by atoms with E-state index in [2.05, 4.69) is 0 Å². The molecule has 2 atom stereocenters. The number of aliphatic hydroxyl groups is 2. The first-order valence-corrected chi connectivity index (χ1v) is 4.52. The van der Waals surface area contributed by atoms with Crippen molar-refractivity contribution in [3.8, 4) is 0 Å². The molecule has 13 heavy (non-hydrogen) atoms. The van der Waals surface area contributed by atoms with Gasteiger partial charge in [0.05, 0.1) is 24.2 Å². The summed E-state index contributed by atoms with van der Waals surface area (Å²) in [5, 5.41) is 18.9. The molecule has 0 radical (unpaired) electrons. The van der Waals surface area contributed by atoms with E-state index in [1.165, 1.54) is 4.90 Å². The summed E-state index contributed by atoms with van der Waals surface area (Å²) in [4.78, 5) is 12.9. The standard InChI is InChI=1S/C9H17NO3/c1-6(9(2,3)13)10-5-7(11)4-8(10)12/h6-7,11,13H,4-5H2,1-3H3. The van der Waals surface area contributed by atoms with Gasteiger partial charge < -0.3 is 15.1 Å². The van der Waals surface area contributed by atoms with Crippen molar-refractivity contribution in [3.63, 3.8) is 0 Å². The lowest BCUT2D eigenvalue weighted by Crippen LogP contribution is -2.48. The Morgan fingerprint density at radius 2 is 2.15 bits per heavy atom. The third-order valence-electron chi connectivity index (χ3n) is 2.63. The summed E-state index contributed by atoms with van der Waals surface area (Å²) >= 11 is 0. The molecule has 1 aliphatic heterocycles. The summed E-state index contributed by atoms with van der Waals surface area (Å²) in [5.41, 5.74) is -0.917. The van der Waals surface area contributed by atoms with E-state index in [-0.39, 0.29) is 18.4 Å². The molecule has 0 aliphatic carbocycles. The highest BCUT2D eigenvalue weighted by Crippen LogP contribution is 2.21. The molecule has 76 valence electrons. The number of hydrogen-bond donors (Lipinski definition) is 2. The van der Waals surface area contributed by atoms with Crippen molar-refractivity contribution < 1.29 is 15.0 Å². The lowest BCUT2D eigenvalue weighted by Gasteiger charge is -2.33. The Bertz CT molecular complexity index is 209. The molecule has 1 heterocycles. The molecule has 1 amide bonds. The van der Waals surface area contributed by atoms with Crippen molar-refractivity contribution >= 4 is 5.91 Å². The van der Waals surface area contributed by atoms with Gasteiger partial charge in [0, 0.05) is 6.54 Å². The van der Waals surface area contributed by atoms with Crippen LogP contribution in [0.4, 0.5) is 0 Å². The van der Waals surface area contributed by atoms with E-state index in [0.717, 1.165) is 0 Å². The molecule has 1 saturated heterocycles. The maximum atomic E-state index is 11.3. The Hall–Kier alpha value is -0.610. The fourth-order valence-electron chi connectivity index (χ4n) is 1.47. The second-order valence-electron chi connectivity index (χ2n) is 4.23. The van der Waals surface area contributed by atoms with Crippen molar-refractivity contribution in [1.29, 1.82) is 0 Å². The van der Waals surface area contributed by atoms with Gasteiger partial charge in [-0.05, 0) is 20.8 Å². The highest BCUT2D eigenvalue weighted by Gasteiger charge is 2.37. The number of likely N-dealkylation sites (tertiary alicyclic amines) is 1. The highest BCUT2D eigenvalue weighted by atomic mass is 16.3. The predicted octanol–water partition coefficient (Wildman–Crippen LogP) is -0.261. The molecule has 0 aromatic heterocycles.